The van der Waals surface area contributed by atoms with Gasteiger partial charge in [0.2, 0.25) is 5.43 Å². The van der Waals surface area contributed by atoms with Crippen LogP contribution in [-0.2, 0) is 6.54 Å². The number of aliphatic hydroxyl groups is 1. The fourth-order valence-corrected chi connectivity index (χ4v) is 2.75. The van der Waals surface area contributed by atoms with Gasteiger partial charge in [0.05, 0.1) is 17.3 Å². The maximum Gasteiger partial charge on any atom is 0.237 e. The van der Waals surface area contributed by atoms with Crippen LogP contribution in [-0.4, -0.2) is 30.4 Å². The molecule has 0 aliphatic carbocycles. The van der Waals surface area contributed by atoms with E-state index in [0.717, 1.165) is 19.5 Å². The van der Waals surface area contributed by atoms with Crippen molar-refractivity contribution in [3.05, 3.63) is 26.6 Å². The maximum atomic E-state index is 11.8. The number of halogens is 1. The van der Waals surface area contributed by atoms with Gasteiger partial charge in [0, 0.05) is 12.7 Å². The van der Waals surface area contributed by atoms with Gasteiger partial charge in [-0.05, 0) is 48.3 Å². The Morgan fingerprint density at radius 3 is 2.71 bits per heavy atom. The van der Waals surface area contributed by atoms with E-state index in [9.17, 15) is 9.90 Å². The monoisotopic (exact) mass is 360 g/mol. The van der Waals surface area contributed by atoms with Crippen molar-refractivity contribution in [3.63, 3.8) is 0 Å². The zero-order valence-corrected chi connectivity index (χ0v) is 14.7. The van der Waals surface area contributed by atoms with Crippen LogP contribution in [0.4, 0.5) is 0 Å². The molecule has 0 fully saturated rings. The third-order valence-electron chi connectivity index (χ3n) is 3.58. The average Bonchev–Trinajstić information content (AvgIpc) is 2.47. The molecule has 2 heterocycles. The van der Waals surface area contributed by atoms with Gasteiger partial charge >= 0.3 is 0 Å². The molecule has 2 N–H and O–H groups in total. The summed E-state index contributed by atoms with van der Waals surface area (Å²) in [6.45, 7) is 6.05. The molecule has 6 heteroatoms. The van der Waals surface area contributed by atoms with E-state index in [1.165, 1.54) is 13.5 Å². The lowest BCUT2D eigenvalue weighted by molar-refractivity contribution is 0.0808. The van der Waals surface area contributed by atoms with Crippen LogP contribution < -0.4 is 15.5 Å². The topological polar surface area (TPSA) is 63.5 Å². The molecule has 2 unspecified atom stereocenters. The molecule has 5 nitrogen and oxygen atoms in total. The van der Waals surface area contributed by atoms with Crippen molar-refractivity contribution in [3.8, 4) is 5.75 Å². The second kappa shape index (κ2) is 8.56. The first kappa shape index (κ1) is 18.2. The van der Waals surface area contributed by atoms with Gasteiger partial charge in [-0.2, -0.15) is 0 Å². The highest BCUT2D eigenvalue weighted by molar-refractivity contribution is 9.10. The van der Waals surface area contributed by atoms with Gasteiger partial charge in [0.25, 0.3) is 0 Å². The fourth-order valence-electron chi connectivity index (χ4n) is 2.33. The fraction of sp³-hybridized carbons (Fsp3) is 0.667. The summed E-state index contributed by atoms with van der Waals surface area (Å²) in [6.07, 6.45) is 3.21. The van der Waals surface area contributed by atoms with Crippen molar-refractivity contribution >= 4 is 15.9 Å². The first-order chi connectivity index (χ1) is 9.97. The van der Waals surface area contributed by atoms with Crippen molar-refractivity contribution in [2.24, 2.45) is 5.92 Å². The Kier molecular flexibility index (Phi) is 7.42. The molecular weight excluding hydrogens is 336 g/mol. The third kappa shape index (κ3) is 4.31. The molecule has 0 bridgehead atoms. The van der Waals surface area contributed by atoms with Crippen molar-refractivity contribution in [1.82, 2.24) is 9.88 Å². The number of aliphatic hydroxyl groups excluding tert-OH is 1. The first-order valence-corrected chi connectivity index (χ1v) is 8.06. The summed E-state index contributed by atoms with van der Waals surface area (Å²) in [5.41, 5.74) is 0.386. The SMILES string of the molecule is CCCNC.COc1c2n(cc(Br)c1=O)CCC(C)C2O. The summed E-state index contributed by atoms with van der Waals surface area (Å²) in [4.78, 5) is 11.8. The minimum Gasteiger partial charge on any atom is -0.491 e. The van der Waals surface area contributed by atoms with Crippen LogP contribution >= 0.6 is 15.9 Å². The number of aryl methyl sites for hydroxylation is 1. The predicted molar refractivity (Wildman–Crippen MR) is 87.9 cm³/mol. The van der Waals surface area contributed by atoms with Gasteiger partial charge in [0.1, 0.15) is 6.10 Å². The number of rotatable bonds is 3. The smallest absolute Gasteiger partial charge is 0.237 e. The van der Waals surface area contributed by atoms with Crippen LogP contribution in [0.2, 0.25) is 0 Å². The zero-order chi connectivity index (χ0) is 16.0. The first-order valence-electron chi connectivity index (χ1n) is 7.27. The summed E-state index contributed by atoms with van der Waals surface area (Å²) in [7, 11) is 3.42. The number of aromatic nitrogens is 1. The number of hydrogen-bond acceptors (Lipinski definition) is 4. The number of ether oxygens (including phenoxy) is 1. The molecule has 2 atom stereocenters. The number of nitrogens with one attached hydrogen (secondary N) is 1. The standard InChI is InChI=1S/C11H14BrNO3.C4H11N/c1-6-3-4-13-5-7(12)10(15)11(16-2)8(13)9(6)14;1-3-4-5-2/h5-6,9,14H,3-4H2,1-2H3;5H,3-4H2,1-2H3. The second-order valence-electron chi connectivity index (χ2n) is 5.23. The number of pyridine rings is 1. The van der Waals surface area contributed by atoms with E-state index in [0.29, 0.717) is 10.2 Å². The minimum atomic E-state index is -0.635. The zero-order valence-electron chi connectivity index (χ0n) is 13.1. The molecule has 0 saturated carbocycles. The normalized spacial score (nSPS) is 20.3. The molecule has 0 aromatic carbocycles. The number of nitrogens with zero attached hydrogens (tertiary/aromatic N) is 1. The molecule has 1 aromatic rings. The molecule has 1 aliphatic rings. The molecule has 120 valence electrons. The van der Waals surface area contributed by atoms with Gasteiger partial charge in [-0.1, -0.05) is 13.8 Å². The maximum absolute atomic E-state index is 11.8. The van der Waals surface area contributed by atoms with Gasteiger partial charge in [-0.25, -0.2) is 0 Å². The Morgan fingerprint density at radius 1 is 1.57 bits per heavy atom. The predicted octanol–water partition coefficient (Wildman–Crippen LogP) is 2.31. The highest BCUT2D eigenvalue weighted by atomic mass is 79.9. The summed E-state index contributed by atoms with van der Waals surface area (Å²) in [6, 6.07) is 0. The molecule has 0 radical (unpaired) electrons. The average molecular weight is 361 g/mol. The highest BCUT2D eigenvalue weighted by Crippen LogP contribution is 2.34. The lowest BCUT2D eigenvalue weighted by Gasteiger charge is -2.30. The molecule has 2 rings (SSSR count). The van der Waals surface area contributed by atoms with Crippen LogP contribution in [0.1, 0.15) is 38.5 Å². The van der Waals surface area contributed by atoms with Crippen LogP contribution in [0.15, 0.2) is 15.5 Å². The van der Waals surface area contributed by atoms with Crippen molar-refractivity contribution in [1.29, 1.82) is 0 Å². The van der Waals surface area contributed by atoms with Crippen LogP contribution in [0.3, 0.4) is 0 Å². The lowest BCUT2D eigenvalue weighted by atomic mass is 9.93. The van der Waals surface area contributed by atoms with E-state index in [4.69, 9.17) is 4.74 Å². The molecule has 21 heavy (non-hydrogen) atoms. The summed E-state index contributed by atoms with van der Waals surface area (Å²) >= 11 is 3.21. The third-order valence-corrected chi connectivity index (χ3v) is 4.15. The molecule has 1 aliphatic heterocycles. The summed E-state index contributed by atoms with van der Waals surface area (Å²) < 4.78 is 7.47. The Balaban J connectivity index is 0.000000383. The van der Waals surface area contributed by atoms with E-state index in [1.54, 1.807) is 6.20 Å². The highest BCUT2D eigenvalue weighted by Gasteiger charge is 2.29. The van der Waals surface area contributed by atoms with E-state index in [1.807, 2.05) is 18.5 Å². The number of methoxy groups -OCH3 is 1. The van der Waals surface area contributed by atoms with Crippen LogP contribution in [0, 0.1) is 5.92 Å². The minimum absolute atomic E-state index is 0.148. The van der Waals surface area contributed by atoms with Crippen LogP contribution in [0.25, 0.3) is 0 Å². The van der Waals surface area contributed by atoms with Crippen molar-refractivity contribution in [2.45, 2.75) is 39.3 Å². The summed E-state index contributed by atoms with van der Waals surface area (Å²) in [5.74, 6) is 0.392. The van der Waals surface area contributed by atoms with E-state index < -0.39 is 6.10 Å². The quantitative estimate of drug-likeness (QED) is 0.867. The Bertz CT molecular complexity index is 514. The number of fused-ring (bicyclic) bond motifs is 1. The van der Waals surface area contributed by atoms with E-state index in [-0.39, 0.29) is 17.1 Å². The Morgan fingerprint density at radius 2 is 2.24 bits per heavy atom. The van der Waals surface area contributed by atoms with E-state index in [2.05, 4.69) is 28.2 Å². The van der Waals surface area contributed by atoms with Gasteiger partial charge in [0.15, 0.2) is 5.75 Å². The summed E-state index contributed by atoms with van der Waals surface area (Å²) in [5, 5.41) is 13.1. The molecule has 1 aromatic heterocycles. The van der Waals surface area contributed by atoms with Gasteiger partial charge in [-0.3, -0.25) is 4.79 Å². The molecule has 0 amide bonds. The van der Waals surface area contributed by atoms with Crippen LogP contribution in [0.5, 0.6) is 5.75 Å². The lowest BCUT2D eigenvalue weighted by Crippen LogP contribution is -2.28. The molecular formula is C15H25BrN2O3. The molecule has 0 saturated heterocycles. The largest absolute Gasteiger partial charge is 0.491 e. The number of hydrogen-bond donors (Lipinski definition) is 2. The van der Waals surface area contributed by atoms with Gasteiger partial charge in [-0.15, -0.1) is 0 Å². The van der Waals surface area contributed by atoms with Gasteiger partial charge < -0.3 is 19.7 Å². The van der Waals surface area contributed by atoms with Crippen molar-refractivity contribution in [2.75, 3.05) is 20.7 Å². The van der Waals surface area contributed by atoms with Crippen molar-refractivity contribution < 1.29 is 9.84 Å². The molecule has 0 spiro atoms. The Hall–Kier alpha value is -0.850. The second-order valence-corrected chi connectivity index (χ2v) is 6.09. The Labute approximate surface area is 134 Å². The van der Waals surface area contributed by atoms with E-state index >= 15 is 0 Å².